The predicted octanol–water partition coefficient (Wildman–Crippen LogP) is 3.59. The number of aromatic nitrogens is 2. The lowest BCUT2D eigenvalue weighted by Crippen LogP contribution is -2.48. The molecule has 160 valence electrons. The molecular weight excluding hydrogens is 454 g/mol. The number of hydrogen-bond acceptors (Lipinski definition) is 7. The topological polar surface area (TPSA) is 92.4 Å². The molecule has 2 aromatic carbocycles. The summed E-state index contributed by atoms with van der Waals surface area (Å²) in [6.45, 7) is 2.95. The Balaban J connectivity index is 1.29. The molecule has 0 bridgehead atoms. The fraction of sp³-hybridized carbons (Fsp3) is 0.238. The molecule has 2 N–H and O–H groups in total. The number of anilines is 1. The largest absolute Gasteiger partial charge is 0.383 e. The van der Waals surface area contributed by atoms with Gasteiger partial charge in [0.15, 0.2) is 0 Å². The molecule has 1 aliphatic rings. The number of halogens is 1. The summed E-state index contributed by atoms with van der Waals surface area (Å²) >= 11 is 7.31. The van der Waals surface area contributed by atoms with Crippen LogP contribution in [0.4, 0.5) is 5.82 Å². The van der Waals surface area contributed by atoms with E-state index in [-0.39, 0.29) is 0 Å². The maximum absolute atomic E-state index is 13.1. The normalized spacial score (nSPS) is 16.3. The third kappa shape index (κ3) is 3.99. The van der Waals surface area contributed by atoms with E-state index in [9.17, 15) is 8.42 Å². The Kier molecular flexibility index (Phi) is 5.31. The van der Waals surface area contributed by atoms with Crippen molar-refractivity contribution in [3.05, 3.63) is 59.4 Å². The Morgan fingerprint density at radius 3 is 2.65 bits per heavy atom. The van der Waals surface area contributed by atoms with Crippen LogP contribution in [-0.4, -0.2) is 53.8 Å². The zero-order valence-corrected chi connectivity index (χ0v) is 18.9. The second-order valence-corrected chi connectivity index (χ2v) is 11.2. The van der Waals surface area contributed by atoms with Crippen LogP contribution in [0.3, 0.4) is 0 Å². The van der Waals surface area contributed by atoms with Gasteiger partial charge in [-0.2, -0.15) is 4.31 Å². The monoisotopic (exact) mass is 473 g/mol. The number of sulfonamides is 1. The van der Waals surface area contributed by atoms with E-state index < -0.39 is 10.0 Å². The molecule has 3 heterocycles. The molecule has 1 saturated heterocycles. The number of rotatable bonds is 4. The van der Waals surface area contributed by atoms with Crippen LogP contribution in [0.25, 0.3) is 21.0 Å². The van der Waals surface area contributed by atoms with Gasteiger partial charge in [0.2, 0.25) is 0 Å². The number of piperazine rings is 1. The summed E-state index contributed by atoms with van der Waals surface area (Å²) in [4.78, 5) is 10.5. The first-order valence-electron chi connectivity index (χ1n) is 9.81. The van der Waals surface area contributed by atoms with Gasteiger partial charge in [0.05, 0.1) is 5.52 Å². The third-order valence-corrected chi connectivity index (χ3v) is 9.20. The molecule has 0 unspecified atom stereocenters. The lowest BCUT2D eigenvalue weighted by Gasteiger charge is -2.33. The SMILES string of the molecule is Nc1ncnc2ccc(CN3CCN(S(=O)(=O)c4cc5ccc(Cl)cc5s4)CC3)cc12. The molecule has 7 nitrogen and oxygen atoms in total. The lowest BCUT2D eigenvalue weighted by atomic mass is 10.1. The summed E-state index contributed by atoms with van der Waals surface area (Å²) in [6.07, 6.45) is 1.46. The number of fused-ring (bicyclic) bond motifs is 2. The zero-order valence-electron chi connectivity index (χ0n) is 16.5. The highest BCUT2D eigenvalue weighted by Crippen LogP contribution is 2.33. The van der Waals surface area contributed by atoms with Crippen molar-refractivity contribution in [2.24, 2.45) is 0 Å². The second-order valence-electron chi connectivity index (χ2n) is 7.54. The van der Waals surface area contributed by atoms with E-state index in [1.165, 1.54) is 17.7 Å². The van der Waals surface area contributed by atoms with Crippen molar-refractivity contribution < 1.29 is 8.42 Å². The second kappa shape index (κ2) is 7.99. The summed E-state index contributed by atoms with van der Waals surface area (Å²) in [6, 6.07) is 13.2. The van der Waals surface area contributed by atoms with Gasteiger partial charge in [0, 0.05) is 47.8 Å². The van der Waals surface area contributed by atoms with Crippen LogP contribution in [0.2, 0.25) is 5.02 Å². The number of benzene rings is 2. The maximum atomic E-state index is 13.1. The van der Waals surface area contributed by atoms with Crippen LogP contribution in [0, 0.1) is 0 Å². The molecule has 0 spiro atoms. The molecular formula is C21H20ClN5O2S2. The number of nitrogens with zero attached hydrogens (tertiary/aromatic N) is 4. The molecule has 0 radical (unpaired) electrons. The molecule has 1 fully saturated rings. The van der Waals surface area contributed by atoms with E-state index in [2.05, 4.69) is 14.9 Å². The fourth-order valence-electron chi connectivity index (χ4n) is 3.84. The minimum atomic E-state index is -3.52. The minimum absolute atomic E-state index is 0.364. The van der Waals surface area contributed by atoms with Crippen LogP contribution in [-0.2, 0) is 16.6 Å². The Hall–Kier alpha value is -2.30. The molecule has 1 aliphatic heterocycles. The predicted molar refractivity (Wildman–Crippen MR) is 125 cm³/mol. The fourth-order valence-corrected chi connectivity index (χ4v) is 7.09. The first-order chi connectivity index (χ1) is 14.9. The van der Waals surface area contributed by atoms with E-state index in [4.69, 9.17) is 17.3 Å². The van der Waals surface area contributed by atoms with E-state index in [0.717, 1.165) is 33.1 Å². The van der Waals surface area contributed by atoms with Crippen molar-refractivity contribution in [2.45, 2.75) is 10.8 Å². The van der Waals surface area contributed by atoms with Crippen molar-refractivity contribution in [2.75, 3.05) is 31.9 Å². The maximum Gasteiger partial charge on any atom is 0.252 e. The van der Waals surface area contributed by atoms with Gasteiger partial charge in [0.25, 0.3) is 10.0 Å². The van der Waals surface area contributed by atoms with E-state index in [1.807, 2.05) is 24.3 Å². The van der Waals surface area contributed by atoms with Crippen molar-refractivity contribution >= 4 is 59.8 Å². The smallest absolute Gasteiger partial charge is 0.252 e. The summed E-state index contributed by atoms with van der Waals surface area (Å²) in [5.74, 6) is 0.465. The highest BCUT2D eigenvalue weighted by molar-refractivity contribution is 7.91. The van der Waals surface area contributed by atoms with Gasteiger partial charge < -0.3 is 5.73 Å². The molecule has 10 heteroatoms. The number of nitrogens with two attached hydrogens (primary N) is 1. The van der Waals surface area contributed by atoms with Gasteiger partial charge in [-0.1, -0.05) is 23.7 Å². The average Bonchev–Trinajstić information content (AvgIpc) is 3.19. The molecule has 2 aromatic heterocycles. The Morgan fingerprint density at radius 1 is 1.03 bits per heavy atom. The lowest BCUT2D eigenvalue weighted by molar-refractivity contribution is 0.182. The summed E-state index contributed by atoms with van der Waals surface area (Å²) in [5.41, 5.74) is 7.89. The van der Waals surface area contributed by atoms with Crippen molar-refractivity contribution in [1.82, 2.24) is 19.2 Å². The molecule has 0 aliphatic carbocycles. The molecule has 0 amide bonds. The van der Waals surface area contributed by atoms with Crippen molar-refractivity contribution in [3.63, 3.8) is 0 Å². The summed E-state index contributed by atoms with van der Waals surface area (Å²) < 4.78 is 29.1. The van der Waals surface area contributed by atoms with Gasteiger partial charge in [-0.3, -0.25) is 4.90 Å². The Morgan fingerprint density at radius 2 is 1.84 bits per heavy atom. The van der Waals surface area contributed by atoms with E-state index in [0.29, 0.717) is 41.2 Å². The van der Waals surface area contributed by atoms with Gasteiger partial charge in [-0.25, -0.2) is 18.4 Å². The van der Waals surface area contributed by atoms with Crippen LogP contribution in [0.15, 0.2) is 53.0 Å². The molecule has 0 saturated carbocycles. The van der Waals surface area contributed by atoms with Crippen LogP contribution >= 0.6 is 22.9 Å². The highest BCUT2D eigenvalue weighted by atomic mass is 35.5. The van der Waals surface area contributed by atoms with Crippen LogP contribution in [0.5, 0.6) is 0 Å². The summed E-state index contributed by atoms with van der Waals surface area (Å²) in [7, 11) is -3.52. The van der Waals surface area contributed by atoms with Crippen molar-refractivity contribution in [3.8, 4) is 0 Å². The molecule has 4 aromatic rings. The molecule has 31 heavy (non-hydrogen) atoms. The van der Waals surface area contributed by atoms with Crippen LogP contribution < -0.4 is 5.73 Å². The summed E-state index contributed by atoms with van der Waals surface area (Å²) in [5, 5.41) is 2.34. The zero-order chi connectivity index (χ0) is 21.6. The van der Waals surface area contributed by atoms with E-state index >= 15 is 0 Å². The Bertz CT molecular complexity index is 1380. The molecule has 5 rings (SSSR count). The van der Waals surface area contributed by atoms with E-state index in [1.54, 1.807) is 22.5 Å². The van der Waals surface area contributed by atoms with Gasteiger partial charge in [-0.15, -0.1) is 11.3 Å². The van der Waals surface area contributed by atoms with Gasteiger partial charge >= 0.3 is 0 Å². The molecule has 0 atom stereocenters. The number of nitrogen functional groups attached to an aromatic ring is 1. The standard InChI is InChI=1S/C21H20ClN5O2S2/c22-16-3-2-15-10-20(30-19(15)11-16)31(28,29)27-7-5-26(6-8-27)12-14-1-4-18-17(9-14)21(23)25-13-24-18/h1-4,9-11,13H,5-8,12H2,(H2,23,24,25). The number of thiophene rings is 1. The van der Waals surface area contributed by atoms with Gasteiger partial charge in [0.1, 0.15) is 16.4 Å². The quantitative estimate of drug-likeness (QED) is 0.487. The third-order valence-electron chi connectivity index (χ3n) is 5.52. The minimum Gasteiger partial charge on any atom is -0.383 e. The first kappa shape index (κ1) is 20.6. The van der Waals surface area contributed by atoms with Crippen LogP contribution in [0.1, 0.15) is 5.56 Å². The van der Waals surface area contributed by atoms with Crippen molar-refractivity contribution in [1.29, 1.82) is 0 Å². The van der Waals surface area contributed by atoms with Gasteiger partial charge in [-0.05, 0) is 41.3 Å². The number of hydrogen-bond donors (Lipinski definition) is 1. The highest BCUT2D eigenvalue weighted by Gasteiger charge is 2.30. The average molecular weight is 474 g/mol. The Labute approximate surface area is 189 Å². The first-order valence-corrected chi connectivity index (χ1v) is 12.4.